The van der Waals surface area contributed by atoms with Gasteiger partial charge in [0.05, 0.1) is 11.2 Å². The summed E-state index contributed by atoms with van der Waals surface area (Å²) < 4.78 is 0. The highest BCUT2D eigenvalue weighted by Crippen LogP contribution is 2.57. The fourth-order valence-electron chi connectivity index (χ4n) is 5.41. The molecule has 6 rings (SSSR count). The van der Waals surface area contributed by atoms with Gasteiger partial charge >= 0.3 is 0 Å². The summed E-state index contributed by atoms with van der Waals surface area (Å²) in [7, 11) is 6.43. The van der Waals surface area contributed by atoms with Crippen LogP contribution in [0.4, 0.5) is 0 Å². The standard InChI is InChI=1S/C32H21B.C6H14O2/c1-3-22-23(4-2)29(21-14-9-6-10-15-21)32-26-18-19-27(33)24-16-11-17-25(30(24)26)31(32)28(22)20-12-7-5-8-13-20;1-5(2,7)6(3,4)8/h3-19H,1-2H2;7-8H,1-4H3. The Bertz CT molecular complexity index is 1670. The zero-order valence-electron chi connectivity index (χ0n) is 24.2. The first-order valence-electron chi connectivity index (χ1n) is 13.9. The van der Waals surface area contributed by atoms with Crippen LogP contribution in [0.15, 0.2) is 104 Å². The van der Waals surface area contributed by atoms with Crippen LogP contribution in [0.1, 0.15) is 38.8 Å². The van der Waals surface area contributed by atoms with E-state index in [1.54, 1.807) is 27.7 Å². The first-order valence-corrected chi connectivity index (χ1v) is 13.9. The van der Waals surface area contributed by atoms with E-state index in [2.05, 4.69) is 98.1 Å². The van der Waals surface area contributed by atoms with E-state index in [0.717, 1.165) is 22.0 Å². The van der Waals surface area contributed by atoms with Gasteiger partial charge in [-0.05, 0) is 94.1 Å². The molecule has 2 N–H and O–H groups in total. The van der Waals surface area contributed by atoms with Gasteiger partial charge < -0.3 is 10.2 Å². The fourth-order valence-corrected chi connectivity index (χ4v) is 5.41. The van der Waals surface area contributed by atoms with Crippen molar-refractivity contribution >= 4 is 36.2 Å². The summed E-state index contributed by atoms with van der Waals surface area (Å²) in [6.07, 6.45) is 3.95. The SMILES string of the molecule is CC(C)(O)C(C)(C)O.[B]c1ccc2c3c(cccc13)-c1c(-c3ccccc3)c(C=C)c(C=C)c(-c3ccccc3)c1-2. The minimum absolute atomic E-state index is 0.804. The molecule has 0 saturated carbocycles. The molecule has 0 saturated heterocycles. The summed E-state index contributed by atoms with van der Waals surface area (Å²) >= 11 is 0. The number of rotatable bonds is 5. The van der Waals surface area contributed by atoms with Gasteiger partial charge in [-0.1, -0.05) is 122 Å². The number of aliphatic hydroxyl groups is 2. The summed E-state index contributed by atoms with van der Waals surface area (Å²) in [5.74, 6) is 0. The van der Waals surface area contributed by atoms with Crippen molar-refractivity contribution < 1.29 is 10.2 Å². The number of fused-ring (bicyclic) bond motifs is 3. The molecule has 1 aliphatic rings. The Morgan fingerprint density at radius 1 is 0.561 bits per heavy atom. The first kappa shape index (κ1) is 28.4. The van der Waals surface area contributed by atoms with Crippen LogP contribution < -0.4 is 5.46 Å². The molecular formula is C38H35BO2. The Morgan fingerprint density at radius 3 is 1.41 bits per heavy atom. The average molecular weight is 535 g/mol. The van der Waals surface area contributed by atoms with E-state index >= 15 is 0 Å². The third-order valence-electron chi connectivity index (χ3n) is 8.22. The normalized spacial score (nSPS) is 12.0. The van der Waals surface area contributed by atoms with Crippen LogP contribution in [0.5, 0.6) is 0 Å². The highest BCUT2D eigenvalue weighted by molar-refractivity contribution is 6.41. The predicted octanol–water partition coefficient (Wildman–Crippen LogP) is 8.43. The highest BCUT2D eigenvalue weighted by Gasteiger charge is 2.32. The van der Waals surface area contributed by atoms with Crippen molar-refractivity contribution in [1.29, 1.82) is 0 Å². The highest BCUT2D eigenvalue weighted by atomic mass is 16.3. The molecule has 41 heavy (non-hydrogen) atoms. The third kappa shape index (κ3) is 4.86. The predicted molar refractivity (Wildman–Crippen MR) is 177 cm³/mol. The monoisotopic (exact) mass is 534 g/mol. The summed E-state index contributed by atoms with van der Waals surface area (Å²) in [4.78, 5) is 0. The lowest BCUT2D eigenvalue weighted by atomic mass is 9.80. The van der Waals surface area contributed by atoms with Crippen LogP contribution in [0, 0.1) is 0 Å². The molecule has 0 amide bonds. The van der Waals surface area contributed by atoms with Crippen molar-refractivity contribution in [2.45, 2.75) is 38.9 Å². The van der Waals surface area contributed by atoms with Crippen molar-refractivity contribution in [1.82, 2.24) is 0 Å². The van der Waals surface area contributed by atoms with Gasteiger partial charge in [0.1, 0.15) is 7.85 Å². The Kier molecular flexibility index (Phi) is 7.38. The maximum absolute atomic E-state index is 9.10. The smallest absolute Gasteiger partial charge is 0.114 e. The summed E-state index contributed by atoms with van der Waals surface area (Å²) in [5, 5.41) is 20.5. The van der Waals surface area contributed by atoms with E-state index in [0.29, 0.717) is 0 Å². The van der Waals surface area contributed by atoms with Gasteiger partial charge in [0.2, 0.25) is 0 Å². The van der Waals surface area contributed by atoms with Gasteiger partial charge in [0.25, 0.3) is 0 Å². The lowest BCUT2D eigenvalue weighted by Gasteiger charge is -2.31. The van der Waals surface area contributed by atoms with Crippen molar-refractivity contribution in [3.63, 3.8) is 0 Å². The van der Waals surface area contributed by atoms with Gasteiger partial charge in [-0.3, -0.25) is 0 Å². The molecule has 0 heterocycles. The molecule has 0 aliphatic heterocycles. The van der Waals surface area contributed by atoms with E-state index in [9.17, 15) is 0 Å². The number of hydrogen-bond acceptors (Lipinski definition) is 2. The molecule has 0 bridgehead atoms. The second-order valence-corrected chi connectivity index (χ2v) is 11.5. The molecule has 1 aliphatic carbocycles. The van der Waals surface area contributed by atoms with Gasteiger partial charge in [-0.2, -0.15) is 0 Å². The molecule has 0 atom stereocenters. The second-order valence-electron chi connectivity index (χ2n) is 11.5. The largest absolute Gasteiger partial charge is 0.387 e. The Hall–Kier alpha value is -4.18. The van der Waals surface area contributed by atoms with E-state index in [-0.39, 0.29) is 0 Å². The van der Waals surface area contributed by atoms with E-state index in [1.807, 2.05) is 18.2 Å². The quantitative estimate of drug-likeness (QED) is 0.218. The Labute approximate surface area is 244 Å². The molecule has 2 radical (unpaired) electrons. The molecule has 0 unspecified atom stereocenters. The minimum Gasteiger partial charge on any atom is -0.387 e. The minimum atomic E-state index is -1.01. The second kappa shape index (κ2) is 10.7. The van der Waals surface area contributed by atoms with Gasteiger partial charge in [0.15, 0.2) is 0 Å². The molecule has 202 valence electrons. The van der Waals surface area contributed by atoms with Crippen molar-refractivity contribution in [2.24, 2.45) is 0 Å². The molecular weight excluding hydrogens is 499 g/mol. The Balaban J connectivity index is 0.000000372. The molecule has 5 aromatic carbocycles. The molecule has 0 fully saturated rings. The van der Waals surface area contributed by atoms with Crippen LogP contribution in [-0.2, 0) is 0 Å². The fraction of sp³-hybridized carbons (Fsp3) is 0.158. The zero-order valence-corrected chi connectivity index (χ0v) is 24.2. The lowest BCUT2D eigenvalue weighted by molar-refractivity contribution is -0.107. The van der Waals surface area contributed by atoms with Gasteiger partial charge in [-0.25, -0.2) is 0 Å². The molecule has 2 nitrogen and oxygen atoms in total. The van der Waals surface area contributed by atoms with E-state index in [4.69, 9.17) is 18.1 Å². The molecule has 3 heteroatoms. The molecule has 0 spiro atoms. The third-order valence-corrected chi connectivity index (χ3v) is 8.22. The van der Waals surface area contributed by atoms with Crippen molar-refractivity contribution in [3.8, 4) is 44.5 Å². The maximum Gasteiger partial charge on any atom is 0.114 e. The first-order chi connectivity index (χ1) is 19.5. The number of benzene rings is 5. The summed E-state index contributed by atoms with van der Waals surface area (Å²) in [5.41, 5.74) is 10.7. The molecule has 5 aromatic rings. The lowest BCUT2D eigenvalue weighted by Crippen LogP contribution is -2.44. The van der Waals surface area contributed by atoms with Crippen LogP contribution in [0.2, 0.25) is 0 Å². The van der Waals surface area contributed by atoms with Gasteiger partial charge in [-0.15, -0.1) is 0 Å². The number of hydrogen-bond donors (Lipinski definition) is 2. The van der Waals surface area contributed by atoms with Crippen LogP contribution in [0.25, 0.3) is 67.4 Å². The zero-order chi connectivity index (χ0) is 29.5. The summed E-state index contributed by atoms with van der Waals surface area (Å²) in [6, 6.07) is 31.8. The van der Waals surface area contributed by atoms with Crippen LogP contribution in [0.3, 0.4) is 0 Å². The van der Waals surface area contributed by atoms with Crippen molar-refractivity contribution in [3.05, 3.63) is 115 Å². The Morgan fingerprint density at radius 2 is 1.00 bits per heavy atom. The van der Waals surface area contributed by atoms with Crippen molar-refractivity contribution in [2.75, 3.05) is 0 Å². The summed E-state index contributed by atoms with van der Waals surface area (Å²) in [6.45, 7) is 14.8. The van der Waals surface area contributed by atoms with Crippen LogP contribution >= 0.6 is 0 Å². The average Bonchev–Trinajstić information content (AvgIpc) is 3.28. The maximum atomic E-state index is 9.10. The van der Waals surface area contributed by atoms with E-state index in [1.165, 1.54) is 49.9 Å². The van der Waals surface area contributed by atoms with Gasteiger partial charge in [0, 0.05) is 0 Å². The molecule has 0 aromatic heterocycles. The van der Waals surface area contributed by atoms with E-state index < -0.39 is 11.2 Å². The topological polar surface area (TPSA) is 40.5 Å². The van der Waals surface area contributed by atoms with Crippen LogP contribution in [-0.4, -0.2) is 29.3 Å².